The van der Waals surface area contributed by atoms with Crippen LogP contribution < -0.4 is 5.32 Å². The van der Waals surface area contributed by atoms with Crippen LogP contribution in [0.25, 0.3) is 0 Å². The SMILES string of the molecule is CCCCCCN1C(=O)C(CC)NC1c1ccccc1C. The average molecular weight is 288 g/mol. The summed E-state index contributed by atoms with van der Waals surface area (Å²) in [7, 11) is 0. The number of aryl methyl sites for hydroxylation is 1. The number of hydrogen-bond acceptors (Lipinski definition) is 2. The summed E-state index contributed by atoms with van der Waals surface area (Å²) in [5.41, 5.74) is 2.48. The van der Waals surface area contributed by atoms with E-state index < -0.39 is 0 Å². The Morgan fingerprint density at radius 3 is 2.57 bits per heavy atom. The molecule has 0 radical (unpaired) electrons. The smallest absolute Gasteiger partial charge is 0.241 e. The summed E-state index contributed by atoms with van der Waals surface area (Å²) in [6.07, 6.45) is 5.68. The van der Waals surface area contributed by atoms with E-state index in [2.05, 4.69) is 50.4 Å². The molecular formula is C18H28N2O. The first kappa shape index (κ1) is 16.0. The number of nitrogens with one attached hydrogen (secondary N) is 1. The lowest BCUT2D eigenvalue weighted by atomic mass is 10.1. The molecule has 1 heterocycles. The molecule has 2 atom stereocenters. The fourth-order valence-corrected chi connectivity index (χ4v) is 3.07. The van der Waals surface area contributed by atoms with Crippen LogP contribution in [0.1, 0.15) is 63.2 Å². The van der Waals surface area contributed by atoms with Gasteiger partial charge in [-0.2, -0.15) is 0 Å². The lowest BCUT2D eigenvalue weighted by Gasteiger charge is -2.25. The molecule has 1 aromatic rings. The molecule has 3 nitrogen and oxygen atoms in total. The third-order valence-corrected chi connectivity index (χ3v) is 4.40. The van der Waals surface area contributed by atoms with Crippen LogP contribution >= 0.6 is 0 Å². The zero-order valence-corrected chi connectivity index (χ0v) is 13.6. The molecule has 1 N–H and O–H groups in total. The number of rotatable bonds is 7. The summed E-state index contributed by atoms with van der Waals surface area (Å²) < 4.78 is 0. The van der Waals surface area contributed by atoms with Crippen LogP contribution in [-0.2, 0) is 4.79 Å². The predicted octanol–water partition coefficient (Wildman–Crippen LogP) is 3.78. The third-order valence-electron chi connectivity index (χ3n) is 4.40. The first-order valence-corrected chi connectivity index (χ1v) is 8.31. The molecule has 1 aliphatic rings. The molecule has 0 aromatic heterocycles. The summed E-state index contributed by atoms with van der Waals surface area (Å²) >= 11 is 0. The third kappa shape index (κ3) is 3.65. The number of amides is 1. The predicted molar refractivity (Wildman–Crippen MR) is 87.0 cm³/mol. The molecule has 0 aliphatic carbocycles. The zero-order valence-electron chi connectivity index (χ0n) is 13.6. The number of hydrogen-bond donors (Lipinski definition) is 1. The summed E-state index contributed by atoms with van der Waals surface area (Å²) in [5.74, 6) is 0.266. The van der Waals surface area contributed by atoms with Crippen molar-refractivity contribution in [3.8, 4) is 0 Å². The molecule has 21 heavy (non-hydrogen) atoms. The Hall–Kier alpha value is -1.35. The Morgan fingerprint density at radius 2 is 1.90 bits per heavy atom. The summed E-state index contributed by atoms with van der Waals surface area (Å²) in [6, 6.07) is 8.34. The lowest BCUT2D eigenvalue weighted by Crippen LogP contribution is -2.32. The zero-order chi connectivity index (χ0) is 15.2. The van der Waals surface area contributed by atoms with Gasteiger partial charge in [-0.3, -0.25) is 10.1 Å². The van der Waals surface area contributed by atoms with E-state index >= 15 is 0 Å². The molecule has 1 amide bonds. The van der Waals surface area contributed by atoms with Gasteiger partial charge in [0.1, 0.15) is 6.17 Å². The molecule has 1 saturated heterocycles. The number of nitrogens with zero attached hydrogens (tertiary/aromatic N) is 1. The van der Waals surface area contributed by atoms with Crippen LogP contribution in [0.3, 0.4) is 0 Å². The van der Waals surface area contributed by atoms with Crippen molar-refractivity contribution in [2.24, 2.45) is 0 Å². The second-order valence-corrected chi connectivity index (χ2v) is 5.98. The number of benzene rings is 1. The highest BCUT2D eigenvalue weighted by Crippen LogP contribution is 2.28. The quantitative estimate of drug-likeness (QED) is 0.774. The van der Waals surface area contributed by atoms with Gasteiger partial charge >= 0.3 is 0 Å². The Labute approximate surface area is 128 Å². The Morgan fingerprint density at radius 1 is 1.14 bits per heavy atom. The van der Waals surface area contributed by atoms with E-state index in [4.69, 9.17) is 0 Å². The van der Waals surface area contributed by atoms with Gasteiger partial charge in [-0.25, -0.2) is 0 Å². The minimum Gasteiger partial charge on any atom is -0.322 e. The molecule has 1 aliphatic heterocycles. The van der Waals surface area contributed by atoms with Crippen molar-refractivity contribution in [2.75, 3.05) is 6.54 Å². The first-order valence-electron chi connectivity index (χ1n) is 8.31. The van der Waals surface area contributed by atoms with E-state index in [1.54, 1.807) is 0 Å². The maximum absolute atomic E-state index is 12.6. The molecule has 0 bridgehead atoms. The summed E-state index contributed by atoms with van der Waals surface area (Å²) in [4.78, 5) is 14.6. The normalized spacial score (nSPS) is 22.0. The van der Waals surface area contributed by atoms with Crippen LogP contribution in [0.5, 0.6) is 0 Å². The first-order chi connectivity index (χ1) is 10.2. The molecule has 2 rings (SSSR count). The topological polar surface area (TPSA) is 32.3 Å². The molecule has 116 valence electrons. The van der Waals surface area contributed by atoms with Gasteiger partial charge in [0.25, 0.3) is 0 Å². The molecule has 0 saturated carbocycles. The van der Waals surface area contributed by atoms with E-state index in [1.807, 2.05) is 4.90 Å². The van der Waals surface area contributed by atoms with E-state index in [0.717, 1.165) is 19.4 Å². The Balaban J connectivity index is 2.13. The maximum Gasteiger partial charge on any atom is 0.241 e. The second-order valence-electron chi connectivity index (χ2n) is 5.98. The lowest BCUT2D eigenvalue weighted by molar-refractivity contribution is -0.130. The minimum absolute atomic E-state index is 0.0271. The van der Waals surface area contributed by atoms with Crippen LogP contribution in [-0.4, -0.2) is 23.4 Å². The molecule has 2 unspecified atom stereocenters. The van der Waals surface area contributed by atoms with Gasteiger partial charge in [0.05, 0.1) is 6.04 Å². The van der Waals surface area contributed by atoms with Gasteiger partial charge in [0.2, 0.25) is 5.91 Å². The van der Waals surface area contributed by atoms with Gasteiger partial charge in [-0.05, 0) is 30.9 Å². The maximum atomic E-state index is 12.6. The van der Waals surface area contributed by atoms with E-state index in [0.29, 0.717) is 0 Å². The highest BCUT2D eigenvalue weighted by Gasteiger charge is 2.38. The van der Waals surface area contributed by atoms with E-state index in [1.165, 1.54) is 30.4 Å². The van der Waals surface area contributed by atoms with Crippen LogP contribution in [0, 0.1) is 6.92 Å². The minimum atomic E-state index is -0.0271. The fourth-order valence-electron chi connectivity index (χ4n) is 3.07. The van der Waals surface area contributed by atoms with Crippen LogP contribution in [0.2, 0.25) is 0 Å². The van der Waals surface area contributed by atoms with Gasteiger partial charge in [-0.1, -0.05) is 57.4 Å². The average Bonchev–Trinajstić information content (AvgIpc) is 2.80. The van der Waals surface area contributed by atoms with Crippen molar-refractivity contribution < 1.29 is 4.79 Å². The van der Waals surface area contributed by atoms with Crippen molar-refractivity contribution in [1.82, 2.24) is 10.2 Å². The summed E-state index contributed by atoms with van der Waals surface area (Å²) in [5, 5.41) is 3.51. The molecular weight excluding hydrogens is 260 g/mol. The van der Waals surface area contributed by atoms with Crippen LogP contribution in [0.15, 0.2) is 24.3 Å². The standard InChI is InChI=1S/C18H28N2O/c1-4-6-7-10-13-20-17(19-16(5-2)18(20)21)15-12-9-8-11-14(15)3/h8-9,11-12,16-17,19H,4-7,10,13H2,1-3H3. The fraction of sp³-hybridized carbons (Fsp3) is 0.611. The van der Waals surface area contributed by atoms with Crippen molar-refractivity contribution in [3.05, 3.63) is 35.4 Å². The Kier molecular flexibility index (Phi) is 5.80. The van der Waals surface area contributed by atoms with Gasteiger partial charge in [-0.15, -0.1) is 0 Å². The monoisotopic (exact) mass is 288 g/mol. The number of carbonyl (C=O) groups is 1. The van der Waals surface area contributed by atoms with E-state index in [9.17, 15) is 4.79 Å². The van der Waals surface area contributed by atoms with Crippen LogP contribution in [0.4, 0.5) is 0 Å². The van der Waals surface area contributed by atoms with E-state index in [-0.39, 0.29) is 18.1 Å². The van der Waals surface area contributed by atoms with Crippen molar-refractivity contribution in [2.45, 2.75) is 65.1 Å². The second kappa shape index (κ2) is 7.60. The van der Waals surface area contributed by atoms with Gasteiger partial charge in [0.15, 0.2) is 0 Å². The van der Waals surface area contributed by atoms with Crippen molar-refractivity contribution in [3.63, 3.8) is 0 Å². The number of unbranched alkanes of at least 4 members (excludes halogenated alkanes) is 3. The summed E-state index contributed by atoms with van der Waals surface area (Å²) in [6.45, 7) is 7.27. The Bertz CT molecular complexity index is 472. The van der Waals surface area contributed by atoms with Crippen molar-refractivity contribution in [1.29, 1.82) is 0 Å². The highest BCUT2D eigenvalue weighted by atomic mass is 16.2. The molecule has 0 spiro atoms. The largest absolute Gasteiger partial charge is 0.322 e. The molecule has 1 fully saturated rings. The number of carbonyl (C=O) groups excluding carboxylic acids is 1. The van der Waals surface area contributed by atoms with Gasteiger partial charge in [0, 0.05) is 6.54 Å². The van der Waals surface area contributed by atoms with Crippen molar-refractivity contribution >= 4 is 5.91 Å². The molecule has 1 aromatic carbocycles. The highest BCUT2D eigenvalue weighted by molar-refractivity contribution is 5.84. The molecule has 3 heteroatoms. The van der Waals surface area contributed by atoms with Gasteiger partial charge < -0.3 is 4.90 Å².